The van der Waals surface area contributed by atoms with E-state index in [0.717, 1.165) is 25.7 Å². The van der Waals surface area contributed by atoms with Crippen LogP contribution in [0.3, 0.4) is 0 Å². The van der Waals surface area contributed by atoms with Gasteiger partial charge in [0, 0.05) is 6.08 Å². The second kappa shape index (κ2) is 14.7. The molecule has 0 aromatic heterocycles. The summed E-state index contributed by atoms with van der Waals surface area (Å²) in [4.78, 5) is 23.3. The van der Waals surface area contributed by atoms with Crippen molar-refractivity contribution in [3.63, 3.8) is 0 Å². The van der Waals surface area contributed by atoms with Gasteiger partial charge in [-0.3, -0.25) is 9.35 Å². The Hall–Kier alpha value is -0.644. The molecule has 7 nitrogen and oxygen atoms in total. The van der Waals surface area contributed by atoms with Gasteiger partial charge in [-0.2, -0.15) is 8.42 Å². The van der Waals surface area contributed by atoms with Crippen LogP contribution in [0.2, 0.25) is 0 Å². The van der Waals surface area contributed by atoms with Gasteiger partial charge >= 0.3 is 35.0 Å². The third kappa shape index (κ3) is 14.9. The van der Waals surface area contributed by atoms with Crippen molar-refractivity contribution < 1.29 is 34.9 Å². The van der Waals surface area contributed by atoms with E-state index in [1.165, 1.54) is 12.2 Å². The van der Waals surface area contributed by atoms with Gasteiger partial charge in [-0.25, -0.2) is 4.79 Å². The Labute approximate surface area is 163 Å². The van der Waals surface area contributed by atoms with Gasteiger partial charge in [-0.05, 0) is 13.3 Å². The summed E-state index contributed by atoms with van der Waals surface area (Å²) in [6.45, 7) is 3.21. The molecule has 0 amide bonds. The molecule has 0 radical (unpaired) electrons. The number of hydrogen-bond acceptors (Lipinski definition) is 6. The Morgan fingerprint density at radius 2 is 1.88 bits per heavy atom. The standard InChI is InChI=1S/C15H26O7S.Mg.2H/c1-3-5-6-7-9-13(12-22-14(16)8-4-2)15(17)21-10-11-23(18,19)20;;;/h4,8,13H,3,5-7,9-12H2,1-2H3,(H,18,19,20);;;/q;+2;2*-1. The molecule has 0 fully saturated rings. The van der Waals surface area contributed by atoms with Crippen LogP contribution in [0.25, 0.3) is 0 Å². The SMILES string of the molecule is CC=CC(=O)OCC(CCCCCC)C(=O)OCCS(=O)(=O)O.[H-].[H-].[Mg+2]. The van der Waals surface area contributed by atoms with Crippen molar-refractivity contribution in [2.24, 2.45) is 5.92 Å². The molecule has 0 bridgehead atoms. The second-order valence-corrected chi connectivity index (χ2v) is 6.70. The third-order valence-electron chi connectivity index (χ3n) is 3.05. The molecule has 0 aliphatic heterocycles. The maximum Gasteiger partial charge on any atom is 2.00 e. The normalized spacial score (nSPS) is 12.5. The summed E-state index contributed by atoms with van der Waals surface area (Å²) in [6.07, 6.45) is 7.11. The molecule has 0 aromatic rings. The van der Waals surface area contributed by atoms with E-state index in [4.69, 9.17) is 14.0 Å². The van der Waals surface area contributed by atoms with Gasteiger partial charge in [0.25, 0.3) is 10.1 Å². The maximum absolute atomic E-state index is 12.0. The van der Waals surface area contributed by atoms with Gasteiger partial charge in [0.05, 0.1) is 5.92 Å². The molecule has 1 unspecified atom stereocenters. The van der Waals surface area contributed by atoms with Gasteiger partial charge in [0.15, 0.2) is 0 Å². The van der Waals surface area contributed by atoms with Crippen LogP contribution in [-0.2, 0) is 29.2 Å². The molecule has 0 aromatic carbocycles. The number of unbranched alkanes of at least 4 members (excludes halogenated alkanes) is 3. The largest absolute Gasteiger partial charge is 2.00 e. The molecule has 0 saturated carbocycles. The number of ether oxygens (including phenoxy) is 2. The molecule has 9 heteroatoms. The minimum atomic E-state index is -4.17. The van der Waals surface area contributed by atoms with Crippen LogP contribution in [0.1, 0.15) is 48.8 Å². The molecule has 0 aliphatic carbocycles. The fourth-order valence-electron chi connectivity index (χ4n) is 1.82. The topological polar surface area (TPSA) is 107 Å². The van der Waals surface area contributed by atoms with Crippen LogP contribution in [-0.4, -0.2) is 66.9 Å². The number of rotatable bonds is 12. The summed E-state index contributed by atoms with van der Waals surface area (Å²) in [6, 6.07) is 0. The summed E-state index contributed by atoms with van der Waals surface area (Å²) < 4.78 is 39.6. The van der Waals surface area contributed by atoms with Crippen molar-refractivity contribution in [3.05, 3.63) is 12.2 Å². The summed E-state index contributed by atoms with van der Waals surface area (Å²) in [7, 11) is -4.17. The van der Waals surface area contributed by atoms with Crippen molar-refractivity contribution in [3.8, 4) is 0 Å². The second-order valence-electron chi connectivity index (χ2n) is 5.13. The molecule has 0 saturated heterocycles. The van der Waals surface area contributed by atoms with Gasteiger partial charge in [0.2, 0.25) is 0 Å². The number of esters is 2. The van der Waals surface area contributed by atoms with Gasteiger partial charge in [0.1, 0.15) is 19.0 Å². The fourth-order valence-corrected chi connectivity index (χ4v) is 2.11. The molecular weight excluding hydrogens is 349 g/mol. The molecule has 138 valence electrons. The van der Waals surface area contributed by atoms with Gasteiger partial charge in [-0.1, -0.05) is 38.7 Å². The molecule has 0 aliphatic rings. The van der Waals surface area contributed by atoms with Crippen molar-refractivity contribution in [2.75, 3.05) is 19.0 Å². The Morgan fingerprint density at radius 3 is 2.42 bits per heavy atom. The van der Waals surface area contributed by atoms with Crippen LogP contribution < -0.4 is 0 Å². The first kappa shape index (κ1) is 25.6. The van der Waals surface area contributed by atoms with Crippen LogP contribution in [0.4, 0.5) is 0 Å². The van der Waals surface area contributed by atoms with E-state index in [9.17, 15) is 18.0 Å². The van der Waals surface area contributed by atoms with Crippen molar-refractivity contribution in [1.82, 2.24) is 0 Å². The van der Waals surface area contributed by atoms with Crippen LogP contribution in [0.5, 0.6) is 0 Å². The Kier molecular flexibility index (Phi) is 15.7. The van der Waals surface area contributed by atoms with E-state index >= 15 is 0 Å². The average Bonchev–Trinajstić information content (AvgIpc) is 2.45. The molecule has 1 atom stereocenters. The first-order chi connectivity index (χ1) is 10.8. The van der Waals surface area contributed by atoms with Crippen LogP contribution in [0, 0.1) is 5.92 Å². The van der Waals surface area contributed by atoms with E-state index in [0.29, 0.717) is 6.42 Å². The van der Waals surface area contributed by atoms with Gasteiger partial charge < -0.3 is 12.3 Å². The monoisotopic (exact) mass is 376 g/mol. The molecular formula is C15H28MgO7S. The predicted octanol–water partition coefficient (Wildman–Crippen LogP) is 1.97. The minimum absolute atomic E-state index is 0. The summed E-state index contributed by atoms with van der Waals surface area (Å²) in [5.74, 6) is -2.46. The van der Waals surface area contributed by atoms with Crippen LogP contribution in [0.15, 0.2) is 12.2 Å². The average molecular weight is 377 g/mol. The fraction of sp³-hybridized carbons (Fsp3) is 0.733. The minimum Gasteiger partial charge on any atom is -1.00 e. The zero-order valence-corrected chi connectivity index (χ0v) is 16.6. The number of carbonyl (C=O) groups is 2. The van der Waals surface area contributed by atoms with Crippen molar-refractivity contribution in [1.29, 1.82) is 0 Å². The first-order valence-electron chi connectivity index (χ1n) is 7.71. The smallest absolute Gasteiger partial charge is 1.00 e. The first-order valence-corrected chi connectivity index (χ1v) is 9.32. The van der Waals surface area contributed by atoms with E-state index in [1.807, 2.05) is 0 Å². The predicted molar refractivity (Wildman–Crippen MR) is 93.4 cm³/mol. The summed E-state index contributed by atoms with van der Waals surface area (Å²) >= 11 is 0. The van der Waals surface area contributed by atoms with Crippen molar-refractivity contribution >= 4 is 45.1 Å². The quantitative estimate of drug-likeness (QED) is 0.182. The number of hydrogen-bond donors (Lipinski definition) is 1. The summed E-state index contributed by atoms with van der Waals surface area (Å²) in [5, 5.41) is 0. The van der Waals surface area contributed by atoms with E-state index in [1.54, 1.807) is 6.92 Å². The zero-order valence-electron chi connectivity index (χ0n) is 16.4. The van der Waals surface area contributed by atoms with Crippen LogP contribution >= 0.6 is 0 Å². The molecule has 0 heterocycles. The zero-order chi connectivity index (χ0) is 17.7. The maximum atomic E-state index is 12.0. The third-order valence-corrected chi connectivity index (χ3v) is 3.74. The van der Waals surface area contributed by atoms with E-state index in [-0.39, 0.29) is 32.5 Å². The Bertz CT molecular complexity index is 498. The molecule has 0 rings (SSSR count). The van der Waals surface area contributed by atoms with Gasteiger partial charge in [-0.15, -0.1) is 0 Å². The molecule has 0 spiro atoms. The molecule has 24 heavy (non-hydrogen) atoms. The Balaban J connectivity index is -0.000000807. The number of carbonyl (C=O) groups excluding carboxylic acids is 2. The van der Waals surface area contributed by atoms with Crippen molar-refractivity contribution in [2.45, 2.75) is 46.0 Å². The number of allylic oxidation sites excluding steroid dienone is 1. The molecule has 1 N–H and O–H groups in total. The van der Waals surface area contributed by atoms with E-state index in [2.05, 4.69) is 6.92 Å². The van der Waals surface area contributed by atoms with E-state index < -0.39 is 40.3 Å². The summed E-state index contributed by atoms with van der Waals surface area (Å²) in [5.41, 5.74) is 0. The Morgan fingerprint density at radius 1 is 1.21 bits per heavy atom.